The SMILES string of the molecule is CC(=O)NCC(=Cc1cc(F)ccc1C(N)=O)B1OC(C)(C)C(C)(C)O1. The first-order chi connectivity index (χ1) is 11.9. The van der Waals surface area contributed by atoms with Gasteiger partial charge in [-0.25, -0.2) is 4.39 Å². The van der Waals surface area contributed by atoms with Crippen molar-refractivity contribution >= 4 is 25.0 Å². The summed E-state index contributed by atoms with van der Waals surface area (Å²) in [5.41, 5.74) is 5.23. The lowest BCUT2D eigenvalue weighted by molar-refractivity contribution is -0.118. The maximum atomic E-state index is 13.7. The maximum Gasteiger partial charge on any atom is 0.492 e. The Hall–Kier alpha value is -2.19. The van der Waals surface area contributed by atoms with E-state index in [4.69, 9.17) is 15.0 Å². The predicted octanol–water partition coefficient (Wildman–Crippen LogP) is 2.08. The first kappa shape index (κ1) is 20.1. The third-order valence-electron chi connectivity index (χ3n) is 4.72. The van der Waals surface area contributed by atoms with Gasteiger partial charge in [0.05, 0.1) is 11.2 Å². The van der Waals surface area contributed by atoms with E-state index in [0.29, 0.717) is 11.0 Å². The number of halogens is 1. The molecule has 6 nitrogen and oxygen atoms in total. The van der Waals surface area contributed by atoms with Crippen molar-refractivity contribution in [3.63, 3.8) is 0 Å². The molecule has 2 amide bonds. The number of rotatable bonds is 5. The van der Waals surface area contributed by atoms with Gasteiger partial charge in [0.15, 0.2) is 0 Å². The van der Waals surface area contributed by atoms with Gasteiger partial charge < -0.3 is 20.4 Å². The summed E-state index contributed by atoms with van der Waals surface area (Å²) in [6, 6.07) is 3.70. The number of nitrogens with one attached hydrogen (secondary N) is 1. The molecule has 8 heteroatoms. The Morgan fingerprint density at radius 1 is 1.23 bits per heavy atom. The molecule has 0 bridgehead atoms. The molecule has 1 saturated heterocycles. The summed E-state index contributed by atoms with van der Waals surface area (Å²) < 4.78 is 25.7. The molecule has 1 aliphatic rings. The highest BCUT2D eigenvalue weighted by molar-refractivity contribution is 6.56. The van der Waals surface area contributed by atoms with E-state index in [1.54, 1.807) is 6.08 Å². The standard InChI is InChI=1S/C18H24BFN2O4/c1-11(23)22-10-13(19-25-17(2,3)18(4,5)26-19)8-12-9-14(20)6-7-15(12)16(21)24/h6-9H,10H2,1-5H3,(H2,21,24)(H,22,23). The fourth-order valence-electron chi connectivity index (χ4n) is 2.50. The van der Waals surface area contributed by atoms with E-state index < -0.39 is 30.0 Å². The van der Waals surface area contributed by atoms with Gasteiger partial charge in [0.2, 0.25) is 11.8 Å². The van der Waals surface area contributed by atoms with Crippen LogP contribution in [0.5, 0.6) is 0 Å². The first-order valence-electron chi connectivity index (χ1n) is 8.33. The van der Waals surface area contributed by atoms with Crippen molar-refractivity contribution < 1.29 is 23.3 Å². The molecular weight excluding hydrogens is 338 g/mol. The van der Waals surface area contributed by atoms with Crippen molar-refractivity contribution in [2.75, 3.05) is 6.54 Å². The van der Waals surface area contributed by atoms with E-state index in [1.165, 1.54) is 25.1 Å². The normalized spacial score (nSPS) is 18.7. The van der Waals surface area contributed by atoms with Crippen LogP contribution in [-0.4, -0.2) is 36.7 Å². The first-order valence-corrected chi connectivity index (χ1v) is 8.33. The number of carbonyl (C=O) groups is 2. The Labute approximate surface area is 153 Å². The topological polar surface area (TPSA) is 90.7 Å². The lowest BCUT2D eigenvalue weighted by Gasteiger charge is -2.32. The Bertz CT molecular complexity index is 746. The Morgan fingerprint density at radius 2 is 1.81 bits per heavy atom. The number of carbonyl (C=O) groups excluding carboxylic acids is 2. The number of nitrogens with two attached hydrogens (primary N) is 1. The molecule has 0 radical (unpaired) electrons. The Kier molecular flexibility index (Phi) is 5.58. The van der Waals surface area contributed by atoms with E-state index >= 15 is 0 Å². The Morgan fingerprint density at radius 3 is 2.31 bits per heavy atom. The van der Waals surface area contributed by atoms with Gasteiger partial charge in [0.25, 0.3) is 0 Å². The van der Waals surface area contributed by atoms with E-state index in [2.05, 4.69) is 5.32 Å². The van der Waals surface area contributed by atoms with Gasteiger partial charge >= 0.3 is 7.12 Å². The third-order valence-corrected chi connectivity index (χ3v) is 4.72. The third kappa shape index (κ3) is 4.31. The molecule has 3 N–H and O–H groups in total. The average Bonchev–Trinajstić information content (AvgIpc) is 2.71. The van der Waals surface area contributed by atoms with Crippen LogP contribution in [0.1, 0.15) is 50.5 Å². The van der Waals surface area contributed by atoms with Crippen LogP contribution in [-0.2, 0) is 14.1 Å². The smallest absolute Gasteiger partial charge is 0.400 e. The minimum absolute atomic E-state index is 0.126. The molecule has 1 aromatic rings. The lowest BCUT2D eigenvalue weighted by atomic mass is 9.76. The summed E-state index contributed by atoms with van der Waals surface area (Å²) in [6.07, 6.45) is 1.57. The zero-order chi connectivity index (χ0) is 19.7. The van der Waals surface area contributed by atoms with Crippen molar-refractivity contribution in [3.05, 3.63) is 40.6 Å². The van der Waals surface area contributed by atoms with E-state index in [9.17, 15) is 14.0 Å². The Balaban J connectivity index is 2.46. The summed E-state index contributed by atoms with van der Waals surface area (Å²) in [5.74, 6) is -1.42. The number of hydrogen-bond acceptors (Lipinski definition) is 4. The van der Waals surface area contributed by atoms with Gasteiger partial charge in [0, 0.05) is 19.0 Å². The molecule has 140 valence electrons. The summed E-state index contributed by atoms with van der Waals surface area (Å²) in [5, 5.41) is 2.68. The molecule has 1 aromatic carbocycles. The zero-order valence-electron chi connectivity index (χ0n) is 15.7. The van der Waals surface area contributed by atoms with Gasteiger partial charge in [-0.2, -0.15) is 0 Å². The molecule has 0 saturated carbocycles. The molecule has 1 heterocycles. The highest BCUT2D eigenvalue weighted by Crippen LogP contribution is 2.38. The molecule has 26 heavy (non-hydrogen) atoms. The van der Waals surface area contributed by atoms with E-state index in [-0.39, 0.29) is 18.0 Å². The summed E-state index contributed by atoms with van der Waals surface area (Å²) in [6.45, 7) is 9.12. The number of benzene rings is 1. The number of amides is 2. The molecule has 0 aliphatic carbocycles. The van der Waals surface area contributed by atoms with Crippen molar-refractivity contribution in [1.29, 1.82) is 0 Å². The monoisotopic (exact) mass is 362 g/mol. The second-order valence-electron chi connectivity index (χ2n) is 7.31. The van der Waals surface area contributed by atoms with E-state index in [1.807, 2.05) is 27.7 Å². The fourth-order valence-corrected chi connectivity index (χ4v) is 2.50. The molecule has 0 spiro atoms. The van der Waals surface area contributed by atoms with Crippen molar-refractivity contribution in [2.24, 2.45) is 5.73 Å². The predicted molar refractivity (Wildman–Crippen MR) is 97.7 cm³/mol. The number of primary amides is 1. The number of hydrogen-bond donors (Lipinski definition) is 2. The second kappa shape index (κ2) is 7.21. The molecule has 0 unspecified atom stereocenters. The highest BCUT2D eigenvalue weighted by Gasteiger charge is 2.52. The van der Waals surface area contributed by atoms with Crippen LogP contribution >= 0.6 is 0 Å². The lowest BCUT2D eigenvalue weighted by Crippen LogP contribution is -2.41. The zero-order valence-corrected chi connectivity index (χ0v) is 15.7. The molecule has 0 atom stereocenters. The summed E-state index contributed by atoms with van der Waals surface area (Å²) in [7, 11) is -0.754. The van der Waals surface area contributed by atoms with Gasteiger partial charge in [0.1, 0.15) is 5.82 Å². The molecule has 0 aromatic heterocycles. The maximum absolute atomic E-state index is 13.7. The average molecular weight is 362 g/mol. The summed E-state index contributed by atoms with van der Waals surface area (Å²) >= 11 is 0. The van der Waals surface area contributed by atoms with Crippen molar-refractivity contribution in [1.82, 2.24) is 5.32 Å². The molecular formula is C18H24BFN2O4. The quantitative estimate of drug-likeness (QED) is 0.785. The van der Waals surface area contributed by atoms with E-state index in [0.717, 1.165) is 0 Å². The van der Waals surface area contributed by atoms with Crippen LogP contribution in [0.25, 0.3) is 6.08 Å². The van der Waals surface area contributed by atoms with Crippen LogP contribution in [0.4, 0.5) is 4.39 Å². The highest BCUT2D eigenvalue weighted by atomic mass is 19.1. The molecule has 2 rings (SSSR count). The van der Waals surface area contributed by atoms with Crippen molar-refractivity contribution in [3.8, 4) is 0 Å². The molecule has 1 aliphatic heterocycles. The summed E-state index contributed by atoms with van der Waals surface area (Å²) in [4.78, 5) is 23.0. The fraction of sp³-hybridized carbons (Fsp3) is 0.444. The second-order valence-corrected chi connectivity index (χ2v) is 7.31. The van der Waals surface area contributed by atoms with Gasteiger partial charge in [-0.1, -0.05) is 6.08 Å². The van der Waals surface area contributed by atoms with Gasteiger partial charge in [-0.15, -0.1) is 0 Å². The van der Waals surface area contributed by atoms with Crippen LogP contribution in [0.3, 0.4) is 0 Å². The van der Waals surface area contributed by atoms with Gasteiger partial charge in [-0.3, -0.25) is 9.59 Å². The minimum atomic E-state index is -0.754. The van der Waals surface area contributed by atoms with Gasteiger partial charge in [-0.05, 0) is 56.9 Å². The van der Waals surface area contributed by atoms with Crippen LogP contribution in [0.2, 0.25) is 0 Å². The van der Waals surface area contributed by atoms with Crippen LogP contribution in [0, 0.1) is 5.82 Å². The van der Waals surface area contributed by atoms with Crippen LogP contribution < -0.4 is 11.1 Å². The molecule has 1 fully saturated rings. The van der Waals surface area contributed by atoms with Crippen LogP contribution in [0.15, 0.2) is 23.7 Å². The van der Waals surface area contributed by atoms with Crippen molar-refractivity contribution in [2.45, 2.75) is 45.8 Å². The minimum Gasteiger partial charge on any atom is -0.400 e. The largest absolute Gasteiger partial charge is 0.492 e.